The molecule has 116 valence electrons. The van der Waals surface area contributed by atoms with E-state index < -0.39 is 6.10 Å². The van der Waals surface area contributed by atoms with Crippen LogP contribution >= 0.6 is 23.2 Å². The minimum atomic E-state index is -0.722. The summed E-state index contributed by atoms with van der Waals surface area (Å²) in [7, 11) is 0. The van der Waals surface area contributed by atoms with E-state index in [4.69, 9.17) is 27.9 Å². The van der Waals surface area contributed by atoms with Crippen molar-refractivity contribution in [2.45, 2.75) is 19.4 Å². The normalized spacial score (nSPS) is 11.8. The fraction of sp³-hybridized carbons (Fsp3) is 0.188. The highest BCUT2D eigenvalue weighted by molar-refractivity contribution is 6.35. The van der Waals surface area contributed by atoms with Crippen LogP contribution in [0.1, 0.15) is 13.3 Å². The van der Waals surface area contributed by atoms with Gasteiger partial charge in [-0.3, -0.25) is 4.79 Å². The third-order valence-electron chi connectivity index (χ3n) is 2.94. The average molecular weight is 342 g/mol. The van der Waals surface area contributed by atoms with E-state index in [2.05, 4.69) is 5.32 Å². The summed E-state index contributed by atoms with van der Waals surface area (Å²) in [6.45, 7) is 1.81. The average Bonchev–Trinajstić information content (AvgIpc) is 2.50. The Morgan fingerprint density at radius 2 is 1.91 bits per heavy atom. The van der Waals surface area contributed by atoms with Crippen LogP contribution in [0.15, 0.2) is 42.5 Å². The molecule has 3 nitrogen and oxygen atoms in total. The Bertz CT molecular complexity index is 662. The molecular weight excluding hydrogens is 328 g/mol. The zero-order valence-electron chi connectivity index (χ0n) is 11.8. The lowest BCUT2D eigenvalue weighted by Gasteiger charge is -2.18. The molecule has 0 bridgehead atoms. The molecule has 2 aromatic rings. The van der Waals surface area contributed by atoms with Crippen LogP contribution in [0.2, 0.25) is 10.0 Å². The fourth-order valence-corrected chi connectivity index (χ4v) is 2.14. The SMILES string of the molecule is CC[C@@H](Oc1ccc(F)cc1)C(=O)Nc1cc(Cl)ccc1Cl. The van der Waals surface area contributed by atoms with Gasteiger partial charge in [0.15, 0.2) is 6.10 Å². The molecule has 22 heavy (non-hydrogen) atoms. The van der Waals surface area contributed by atoms with Crippen molar-refractivity contribution in [1.29, 1.82) is 0 Å². The van der Waals surface area contributed by atoms with Crippen molar-refractivity contribution in [2.24, 2.45) is 0 Å². The Labute approximate surface area is 138 Å². The van der Waals surface area contributed by atoms with Gasteiger partial charge in [-0.05, 0) is 48.9 Å². The smallest absolute Gasteiger partial charge is 0.265 e. The van der Waals surface area contributed by atoms with Gasteiger partial charge in [-0.25, -0.2) is 4.39 Å². The Balaban J connectivity index is 2.08. The van der Waals surface area contributed by atoms with Crippen LogP contribution in [0.4, 0.5) is 10.1 Å². The molecule has 0 heterocycles. The number of amides is 1. The number of nitrogens with one attached hydrogen (secondary N) is 1. The second kappa shape index (κ2) is 7.47. The van der Waals surface area contributed by atoms with Gasteiger partial charge in [-0.1, -0.05) is 30.1 Å². The fourth-order valence-electron chi connectivity index (χ4n) is 1.81. The molecule has 0 aromatic heterocycles. The second-order valence-electron chi connectivity index (χ2n) is 4.58. The first-order valence-electron chi connectivity index (χ1n) is 6.67. The number of hydrogen-bond acceptors (Lipinski definition) is 2. The minimum Gasteiger partial charge on any atom is -0.481 e. The molecule has 0 fully saturated rings. The van der Waals surface area contributed by atoms with Crippen LogP contribution in [0.5, 0.6) is 5.75 Å². The van der Waals surface area contributed by atoms with Gasteiger partial charge < -0.3 is 10.1 Å². The topological polar surface area (TPSA) is 38.3 Å². The highest BCUT2D eigenvalue weighted by atomic mass is 35.5. The largest absolute Gasteiger partial charge is 0.481 e. The number of carbonyl (C=O) groups excluding carboxylic acids is 1. The molecule has 1 amide bonds. The minimum absolute atomic E-state index is 0.351. The van der Waals surface area contributed by atoms with E-state index in [1.165, 1.54) is 24.3 Å². The molecule has 0 aliphatic heterocycles. The van der Waals surface area contributed by atoms with Crippen LogP contribution in [-0.4, -0.2) is 12.0 Å². The van der Waals surface area contributed by atoms with Crippen molar-refractivity contribution < 1.29 is 13.9 Å². The van der Waals surface area contributed by atoms with Crippen molar-refractivity contribution in [2.75, 3.05) is 5.32 Å². The molecule has 6 heteroatoms. The van der Waals surface area contributed by atoms with Crippen molar-refractivity contribution in [1.82, 2.24) is 0 Å². The highest BCUT2D eigenvalue weighted by Gasteiger charge is 2.19. The molecule has 2 aromatic carbocycles. The first kappa shape index (κ1) is 16.6. The lowest BCUT2D eigenvalue weighted by molar-refractivity contribution is -0.122. The van der Waals surface area contributed by atoms with Gasteiger partial charge in [0, 0.05) is 5.02 Å². The van der Waals surface area contributed by atoms with E-state index >= 15 is 0 Å². The van der Waals surface area contributed by atoms with Crippen LogP contribution in [0.25, 0.3) is 0 Å². The molecule has 0 radical (unpaired) electrons. The molecule has 0 aliphatic rings. The van der Waals surface area contributed by atoms with E-state index in [1.807, 2.05) is 6.92 Å². The number of carbonyl (C=O) groups is 1. The summed E-state index contributed by atoms with van der Waals surface area (Å²) < 4.78 is 18.4. The quantitative estimate of drug-likeness (QED) is 0.837. The Morgan fingerprint density at radius 1 is 1.23 bits per heavy atom. The number of hydrogen-bond donors (Lipinski definition) is 1. The molecular formula is C16H14Cl2FNO2. The predicted molar refractivity (Wildman–Crippen MR) is 86.2 cm³/mol. The Morgan fingerprint density at radius 3 is 2.55 bits per heavy atom. The summed E-state index contributed by atoms with van der Waals surface area (Å²) in [6, 6.07) is 10.3. The van der Waals surface area contributed by atoms with E-state index in [-0.39, 0.29) is 11.7 Å². The molecule has 0 aliphatic carbocycles. The Kier molecular flexibility index (Phi) is 5.63. The monoisotopic (exact) mass is 341 g/mol. The van der Waals surface area contributed by atoms with Crippen LogP contribution in [0, 0.1) is 5.82 Å². The van der Waals surface area contributed by atoms with Crippen LogP contribution < -0.4 is 10.1 Å². The first-order valence-corrected chi connectivity index (χ1v) is 7.43. The van der Waals surface area contributed by atoms with Gasteiger partial charge in [-0.15, -0.1) is 0 Å². The van der Waals surface area contributed by atoms with Crippen molar-refractivity contribution >= 4 is 34.8 Å². The molecule has 0 unspecified atom stereocenters. The van der Waals surface area contributed by atoms with Crippen LogP contribution in [0.3, 0.4) is 0 Å². The van der Waals surface area contributed by atoms with Crippen LogP contribution in [-0.2, 0) is 4.79 Å². The van der Waals surface area contributed by atoms with Crippen molar-refractivity contribution in [3.8, 4) is 5.75 Å². The number of anilines is 1. The molecule has 1 atom stereocenters. The third-order valence-corrected chi connectivity index (χ3v) is 3.51. The number of halogens is 3. The van der Waals surface area contributed by atoms with Gasteiger partial charge in [0.1, 0.15) is 11.6 Å². The van der Waals surface area contributed by atoms with E-state index in [0.29, 0.717) is 27.9 Å². The van der Waals surface area contributed by atoms with E-state index in [1.54, 1.807) is 18.2 Å². The molecule has 2 rings (SSSR count). The summed E-state index contributed by atoms with van der Waals surface area (Å²) in [4.78, 5) is 12.3. The van der Waals surface area contributed by atoms with E-state index in [0.717, 1.165) is 0 Å². The number of rotatable bonds is 5. The van der Waals surface area contributed by atoms with E-state index in [9.17, 15) is 9.18 Å². The van der Waals surface area contributed by atoms with Crippen molar-refractivity contribution in [3.63, 3.8) is 0 Å². The predicted octanol–water partition coefficient (Wildman–Crippen LogP) is 4.93. The number of benzene rings is 2. The summed E-state index contributed by atoms with van der Waals surface area (Å²) in [6.07, 6.45) is -0.276. The summed E-state index contributed by atoms with van der Waals surface area (Å²) in [5, 5.41) is 3.53. The lowest BCUT2D eigenvalue weighted by Crippen LogP contribution is -2.32. The van der Waals surface area contributed by atoms with Gasteiger partial charge in [-0.2, -0.15) is 0 Å². The molecule has 1 N–H and O–H groups in total. The summed E-state index contributed by atoms with van der Waals surface area (Å²) in [5.74, 6) is -0.299. The third kappa shape index (κ3) is 4.36. The first-order chi connectivity index (χ1) is 10.5. The zero-order chi connectivity index (χ0) is 16.1. The van der Waals surface area contributed by atoms with Gasteiger partial charge in [0.2, 0.25) is 0 Å². The maximum absolute atomic E-state index is 12.9. The Hall–Kier alpha value is -1.78. The zero-order valence-corrected chi connectivity index (χ0v) is 13.3. The lowest BCUT2D eigenvalue weighted by atomic mass is 10.2. The standard InChI is InChI=1S/C16H14Cl2FNO2/c1-2-15(22-12-6-4-11(19)5-7-12)16(21)20-14-9-10(17)3-8-13(14)18/h3-9,15H,2H2,1H3,(H,20,21)/t15-/m1/s1. The van der Waals surface area contributed by atoms with Gasteiger partial charge in [0.05, 0.1) is 10.7 Å². The maximum atomic E-state index is 12.9. The second-order valence-corrected chi connectivity index (χ2v) is 5.43. The molecule has 0 saturated heterocycles. The highest BCUT2D eigenvalue weighted by Crippen LogP contribution is 2.26. The molecule has 0 saturated carbocycles. The number of ether oxygens (including phenoxy) is 1. The summed E-state index contributed by atoms with van der Waals surface area (Å²) >= 11 is 11.9. The maximum Gasteiger partial charge on any atom is 0.265 e. The molecule has 0 spiro atoms. The van der Waals surface area contributed by atoms with Crippen molar-refractivity contribution in [3.05, 3.63) is 58.3 Å². The van der Waals surface area contributed by atoms with Gasteiger partial charge in [0.25, 0.3) is 5.91 Å². The summed E-state index contributed by atoms with van der Waals surface area (Å²) in [5.41, 5.74) is 0.417. The van der Waals surface area contributed by atoms with Gasteiger partial charge >= 0.3 is 0 Å².